The molecule has 0 fully saturated rings. The number of nitriles is 1. The lowest BCUT2D eigenvalue weighted by Gasteiger charge is -2.07. The van der Waals surface area contributed by atoms with Gasteiger partial charge in [-0.15, -0.1) is 0 Å². The summed E-state index contributed by atoms with van der Waals surface area (Å²) in [5.74, 6) is -0.480. The van der Waals surface area contributed by atoms with Crippen molar-refractivity contribution in [3.05, 3.63) is 62.4 Å². The van der Waals surface area contributed by atoms with Gasteiger partial charge in [-0.2, -0.15) is 5.26 Å². The van der Waals surface area contributed by atoms with E-state index in [1.807, 2.05) is 0 Å². The van der Waals surface area contributed by atoms with Gasteiger partial charge >= 0.3 is 0 Å². The highest BCUT2D eigenvalue weighted by Gasteiger charge is 2.15. The molecule has 2 aromatic rings. The maximum atomic E-state index is 13.5. The van der Waals surface area contributed by atoms with Crippen LogP contribution in [-0.2, 0) is 0 Å². The minimum absolute atomic E-state index is 0.0443. The fraction of sp³-hybridized carbons (Fsp3) is 0. The molecule has 0 heterocycles. The highest BCUT2D eigenvalue weighted by atomic mass is 79.9. The van der Waals surface area contributed by atoms with Gasteiger partial charge in [-0.1, -0.05) is 15.9 Å². The molecule has 20 heavy (non-hydrogen) atoms. The van der Waals surface area contributed by atoms with Crippen LogP contribution in [0.1, 0.15) is 5.56 Å². The van der Waals surface area contributed by atoms with Crippen molar-refractivity contribution in [2.45, 2.75) is 0 Å². The Morgan fingerprint density at radius 2 is 2.05 bits per heavy atom. The Balaban J connectivity index is 2.38. The van der Waals surface area contributed by atoms with Crippen molar-refractivity contribution in [1.82, 2.24) is 0 Å². The first-order chi connectivity index (χ1) is 9.51. The molecular formula is C13H6BrFN2O3. The molecule has 0 saturated heterocycles. The lowest BCUT2D eigenvalue weighted by atomic mass is 10.2. The Morgan fingerprint density at radius 1 is 1.30 bits per heavy atom. The van der Waals surface area contributed by atoms with E-state index in [1.165, 1.54) is 30.3 Å². The smallest absolute Gasteiger partial charge is 0.287 e. The molecule has 5 nitrogen and oxygen atoms in total. The van der Waals surface area contributed by atoms with Crippen molar-refractivity contribution >= 4 is 21.6 Å². The number of hydrogen-bond acceptors (Lipinski definition) is 4. The number of nitro groups is 1. The second kappa shape index (κ2) is 5.67. The van der Waals surface area contributed by atoms with Gasteiger partial charge in [-0.05, 0) is 24.3 Å². The lowest BCUT2D eigenvalue weighted by molar-refractivity contribution is -0.385. The van der Waals surface area contributed by atoms with E-state index in [4.69, 9.17) is 10.00 Å². The predicted octanol–water partition coefficient (Wildman–Crippen LogP) is 4.16. The largest absolute Gasteiger partial charge is 0.454 e. The van der Waals surface area contributed by atoms with Gasteiger partial charge in [0.25, 0.3) is 5.69 Å². The zero-order valence-electron chi connectivity index (χ0n) is 9.84. The molecule has 2 aromatic carbocycles. The number of ether oxygens (including phenoxy) is 1. The van der Waals surface area contributed by atoms with Crippen LogP contribution < -0.4 is 4.74 Å². The molecule has 0 spiro atoms. The van der Waals surface area contributed by atoms with Crippen LogP contribution in [0.4, 0.5) is 10.1 Å². The standard InChI is InChI=1S/C13H6BrFN2O3/c14-9-1-3-11(15)13(6-9)20-10-2-4-12(17(18)19)8(5-10)7-16/h1-6H. The summed E-state index contributed by atoms with van der Waals surface area (Å²) in [6.07, 6.45) is 0. The van der Waals surface area contributed by atoms with Gasteiger partial charge in [-0.3, -0.25) is 10.1 Å². The molecule has 0 radical (unpaired) electrons. The van der Waals surface area contributed by atoms with E-state index in [2.05, 4.69) is 15.9 Å². The molecular weight excluding hydrogens is 331 g/mol. The van der Waals surface area contributed by atoms with Crippen LogP contribution in [0.5, 0.6) is 11.5 Å². The van der Waals surface area contributed by atoms with E-state index in [1.54, 1.807) is 6.07 Å². The van der Waals surface area contributed by atoms with Crippen molar-refractivity contribution < 1.29 is 14.1 Å². The quantitative estimate of drug-likeness (QED) is 0.622. The minimum Gasteiger partial charge on any atom is -0.454 e. The summed E-state index contributed by atoms with van der Waals surface area (Å²) < 4.78 is 19.4. The van der Waals surface area contributed by atoms with Crippen LogP contribution in [0.25, 0.3) is 0 Å². The van der Waals surface area contributed by atoms with Crippen molar-refractivity contribution in [2.75, 3.05) is 0 Å². The van der Waals surface area contributed by atoms with E-state index in [9.17, 15) is 14.5 Å². The highest BCUT2D eigenvalue weighted by molar-refractivity contribution is 9.10. The third kappa shape index (κ3) is 2.92. The molecule has 0 N–H and O–H groups in total. The molecule has 0 unspecified atom stereocenters. The van der Waals surface area contributed by atoms with E-state index in [0.29, 0.717) is 4.47 Å². The zero-order chi connectivity index (χ0) is 14.7. The monoisotopic (exact) mass is 336 g/mol. The van der Waals surface area contributed by atoms with Gasteiger partial charge in [0, 0.05) is 16.6 Å². The first-order valence-electron chi connectivity index (χ1n) is 5.32. The Morgan fingerprint density at radius 3 is 2.70 bits per heavy atom. The summed E-state index contributed by atoms with van der Waals surface area (Å²) in [5, 5.41) is 19.6. The average molecular weight is 337 g/mol. The molecule has 7 heteroatoms. The van der Waals surface area contributed by atoms with Crippen molar-refractivity contribution in [1.29, 1.82) is 5.26 Å². The maximum Gasteiger partial charge on any atom is 0.287 e. The van der Waals surface area contributed by atoms with Crippen LogP contribution >= 0.6 is 15.9 Å². The molecule has 0 bridgehead atoms. The summed E-state index contributed by atoms with van der Waals surface area (Å²) in [4.78, 5) is 10.0. The van der Waals surface area contributed by atoms with E-state index < -0.39 is 10.7 Å². The summed E-state index contributed by atoms with van der Waals surface area (Å²) in [5.41, 5.74) is -0.475. The second-order valence-electron chi connectivity index (χ2n) is 3.72. The van der Waals surface area contributed by atoms with Gasteiger partial charge in [0.2, 0.25) is 0 Å². The average Bonchev–Trinajstić information content (AvgIpc) is 2.42. The number of halogens is 2. The molecule has 100 valence electrons. The second-order valence-corrected chi connectivity index (χ2v) is 4.64. The Bertz CT molecular complexity index is 728. The van der Waals surface area contributed by atoms with Gasteiger partial charge in [0.1, 0.15) is 17.4 Å². The fourth-order valence-corrected chi connectivity index (χ4v) is 1.85. The fourth-order valence-electron chi connectivity index (χ4n) is 1.51. The number of nitrogens with zero attached hydrogens (tertiary/aromatic N) is 2. The first-order valence-corrected chi connectivity index (χ1v) is 6.12. The molecule has 0 aliphatic carbocycles. The number of nitro benzene ring substituents is 1. The van der Waals surface area contributed by atoms with Crippen LogP contribution in [0.15, 0.2) is 40.9 Å². The Hall–Kier alpha value is -2.46. The lowest BCUT2D eigenvalue weighted by Crippen LogP contribution is -1.94. The minimum atomic E-state index is -0.665. The Kier molecular flexibility index (Phi) is 3.96. The van der Waals surface area contributed by atoms with E-state index in [-0.39, 0.29) is 22.7 Å². The van der Waals surface area contributed by atoms with Crippen LogP contribution in [-0.4, -0.2) is 4.92 Å². The third-order valence-electron chi connectivity index (χ3n) is 2.41. The molecule has 0 saturated carbocycles. The molecule has 0 aromatic heterocycles. The summed E-state index contributed by atoms with van der Waals surface area (Å²) in [6.45, 7) is 0. The molecule has 0 aliphatic heterocycles. The van der Waals surface area contributed by atoms with Crippen LogP contribution in [0, 0.1) is 27.3 Å². The topological polar surface area (TPSA) is 76.2 Å². The van der Waals surface area contributed by atoms with Gasteiger partial charge in [0.05, 0.1) is 4.92 Å². The zero-order valence-corrected chi connectivity index (χ0v) is 11.4. The number of benzene rings is 2. The SMILES string of the molecule is N#Cc1cc(Oc2cc(Br)ccc2F)ccc1[N+](=O)[O-]. The summed E-state index contributed by atoms with van der Waals surface area (Å²) >= 11 is 3.18. The third-order valence-corrected chi connectivity index (χ3v) is 2.90. The highest BCUT2D eigenvalue weighted by Crippen LogP contribution is 2.30. The predicted molar refractivity (Wildman–Crippen MR) is 72.0 cm³/mol. The van der Waals surface area contributed by atoms with Crippen molar-refractivity contribution in [3.63, 3.8) is 0 Å². The normalized spacial score (nSPS) is 9.85. The van der Waals surface area contributed by atoms with Crippen molar-refractivity contribution in [2.24, 2.45) is 0 Å². The maximum absolute atomic E-state index is 13.5. The summed E-state index contributed by atoms with van der Waals surface area (Å²) in [7, 11) is 0. The van der Waals surface area contributed by atoms with E-state index >= 15 is 0 Å². The Labute approximate surface area is 121 Å². The van der Waals surface area contributed by atoms with Crippen LogP contribution in [0.3, 0.4) is 0 Å². The molecule has 0 amide bonds. The van der Waals surface area contributed by atoms with Crippen LogP contribution in [0.2, 0.25) is 0 Å². The molecule has 2 rings (SSSR count). The van der Waals surface area contributed by atoms with Gasteiger partial charge < -0.3 is 4.74 Å². The number of rotatable bonds is 3. The van der Waals surface area contributed by atoms with Crippen molar-refractivity contribution in [3.8, 4) is 17.6 Å². The van der Waals surface area contributed by atoms with E-state index in [0.717, 1.165) is 6.07 Å². The van der Waals surface area contributed by atoms with Gasteiger partial charge in [-0.25, -0.2) is 4.39 Å². The summed E-state index contributed by atoms with van der Waals surface area (Å²) in [6, 6.07) is 9.50. The molecule has 0 atom stereocenters. The molecule has 0 aliphatic rings. The number of hydrogen-bond donors (Lipinski definition) is 0. The van der Waals surface area contributed by atoms with Gasteiger partial charge in [0.15, 0.2) is 11.6 Å². The first kappa shape index (κ1) is 14.0.